The number of carbonyl (C=O) groups is 1. The molecule has 0 aliphatic heterocycles. The second kappa shape index (κ2) is 11.9. The molecular weight excluding hydrogens is 534 g/mol. The lowest BCUT2D eigenvalue weighted by atomic mass is 9.85. The SMILES string of the molecule is Cc1cc(C)cc(-c2ccc(N(C)c3c(C)c(C)c(C(=O)c4cccc(-c5c(C)c(C)cc(C)c5C)c4)c(C)c3C)cc2)c1. The lowest BCUT2D eigenvalue weighted by Gasteiger charge is -2.28. The van der Waals surface area contributed by atoms with Crippen molar-refractivity contribution in [2.24, 2.45) is 0 Å². The maximum atomic E-state index is 14.2. The Hall–Kier alpha value is -4.43. The summed E-state index contributed by atoms with van der Waals surface area (Å²) in [4.78, 5) is 16.5. The Morgan fingerprint density at radius 2 is 1.07 bits per heavy atom. The molecule has 5 rings (SSSR count). The summed E-state index contributed by atoms with van der Waals surface area (Å²) in [7, 11) is 2.12. The molecule has 0 unspecified atom stereocenters. The van der Waals surface area contributed by atoms with E-state index in [1.165, 1.54) is 50.1 Å². The zero-order chi connectivity index (χ0) is 32.0. The van der Waals surface area contributed by atoms with Gasteiger partial charge in [0.05, 0.1) is 0 Å². The number of hydrogen-bond donors (Lipinski definition) is 0. The van der Waals surface area contributed by atoms with Crippen LogP contribution < -0.4 is 4.90 Å². The van der Waals surface area contributed by atoms with E-state index < -0.39 is 0 Å². The predicted octanol–water partition coefficient (Wildman–Crippen LogP) is 11.1. The number of anilines is 2. The summed E-state index contributed by atoms with van der Waals surface area (Å²) < 4.78 is 0. The molecule has 0 bridgehead atoms. The van der Waals surface area contributed by atoms with Crippen molar-refractivity contribution in [2.75, 3.05) is 11.9 Å². The van der Waals surface area contributed by atoms with Crippen LogP contribution in [0.5, 0.6) is 0 Å². The fourth-order valence-corrected chi connectivity index (χ4v) is 6.89. The molecule has 44 heavy (non-hydrogen) atoms. The Morgan fingerprint density at radius 3 is 1.61 bits per heavy atom. The molecule has 0 amide bonds. The van der Waals surface area contributed by atoms with E-state index in [0.29, 0.717) is 0 Å². The average Bonchev–Trinajstić information content (AvgIpc) is 2.99. The Kier molecular flexibility index (Phi) is 8.40. The highest BCUT2D eigenvalue weighted by atomic mass is 16.1. The predicted molar refractivity (Wildman–Crippen MR) is 189 cm³/mol. The van der Waals surface area contributed by atoms with E-state index in [2.05, 4.69) is 142 Å². The number of hydrogen-bond acceptors (Lipinski definition) is 2. The summed E-state index contributed by atoms with van der Waals surface area (Å²) in [6.45, 7) is 21.5. The van der Waals surface area contributed by atoms with Crippen molar-refractivity contribution in [3.63, 3.8) is 0 Å². The number of benzene rings is 5. The molecular formula is C42H45NO. The third kappa shape index (κ3) is 5.50. The van der Waals surface area contributed by atoms with Gasteiger partial charge in [0.2, 0.25) is 0 Å². The van der Waals surface area contributed by atoms with Gasteiger partial charge >= 0.3 is 0 Å². The van der Waals surface area contributed by atoms with Gasteiger partial charge in [-0.05, 0) is 154 Å². The van der Waals surface area contributed by atoms with Crippen LogP contribution in [0.1, 0.15) is 71.6 Å². The molecule has 5 aromatic carbocycles. The van der Waals surface area contributed by atoms with Crippen molar-refractivity contribution in [2.45, 2.75) is 69.2 Å². The number of aryl methyl sites for hydroxylation is 4. The van der Waals surface area contributed by atoms with E-state index in [4.69, 9.17) is 0 Å². The third-order valence-corrected chi connectivity index (χ3v) is 9.74. The lowest BCUT2D eigenvalue weighted by Crippen LogP contribution is -2.17. The van der Waals surface area contributed by atoms with Gasteiger partial charge in [-0.1, -0.05) is 65.7 Å². The van der Waals surface area contributed by atoms with Gasteiger partial charge in [0, 0.05) is 29.5 Å². The summed E-state index contributed by atoms with van der Waals surface area (Å²) >= 11 is 0. The van der Waals surface area contributed by atoms with E-state index >= 15 is 0 Å². The Labute approximate surface area is 264 Å². The van der Waals surface area contributed by atoms with Gasteiger partial charge < -0.3 is 4.90 Å². The Morgan fingerprint density at radius 1 is 0.523 bits per heavy atom. The Balaban J connectivity index is 1.52. The normalized spacial score (nSPS) is 11.2. The van der Waals surface area contributed by atoms with Crippen LogP contribution >= 0.6 is 0 Å². The summed E-state index contributed by atoms with van der Waals surface area (Å²) in [6.07, 6.45) is 0. The largest absolute Gasteiger partial charge is 0.344 e. The molecule has 0 saturated heterocycles. The molecule has 0 N–H and O–H groups in total. The fourth-order valence-electron chi connectivity index (χ4n) is 6.89. The maximum Gasteiger partial charge on any atom is 0.193 e. The quantitative estimate of drug-likeness (QED) is 0.187. The van der Waals surface area contributed by atoms with Crippen molar-refractivity contribution in [3.8, 4) is 22.3 Å². The number of nitrogens with zero attached hydrogens (tertiary/aromatic N) is 1. The molecule has 0 atom stereocenters. The Bertz CT molecular complexity index is 1850. The zero-order valence-corrected chi connectivity index (χ0v) is 28.3. The van der Waals surface area contributed by atoms with E-state index in [1.54, 1.807) is 0 Å². The van der Waals surface area contributed by atoms with E-state index in [1.807, 2.05) is 12.1 Å². The van der Waals surface area contributed by atoms with Crippen LogP contribution in [0.3, 0.4) is 0 Å². The van der Waals surface area contributed by atoms with Gasteiger partial charge in [0.15, 0.2) is 5.78 Å². The number of carbonyl (C=O) groups excluding carboxylic acids is 1. The molecule has 2 nitrogen and oxygen atoms in total. The van der Waals surface area contributed by atoms with E-state index in [0.717, 1.165) is 50.3 Å². The topological polar surface area (TPSA) is 20.3 Å². The van der Waals surface area contributed by atoms with E-state index in [-0.39, 0.29) is 5.78 Å². The molecule has 0 radical (unpaired) electrons. The van der Waals surface area contributed by atoms with Crippen molar-refractivity contribution in [1.29, 1.82) is 0 Å². The molecule has 5 aromatic rings. The van der Waals surface area contributed by atoms with Gasteiger partial charge in [-0.25, -0.2) is 0 Å². The van der Waals surface area contributed by atoms with Gasteiger partial charge in [-0.3, -0.25) is 4.79 Å². The van der Waals surface area contributed by atoms with Gasteiger partial charge in [-0.15, -0.1) is 0 Å². The smallest absolute Gasteiger partial charge is 0.193 e. The van der Waals surface area contributed by atoms with Gasteiger partial charge in [-0.2, -0.15) is 0 Å². The van der Waals surface area contributed by atoms with Crippen LogP contribution in [-0.2, 0) is 0 Å². The van der Waals surface area contributed by atoms with Crippen LogP contribution in [0.25, 0.3) is 22.3 Å². The minimum Gasteiger partial charge on any atom is -0.344 e. The van der Waals surface area contributed by atoms with Gasteiger partial charge in [0.1, 0.15) is 0 Å². The summed E-state index contributed by atoms with van der Waals surface area (Å²) in [5.74, 6) is 0.0831. The monoisotopic (exact) mass is 579 g/mol. The van der Waals surface area contributed by atoms with Gasteiger partial charge in [0.25, 0.3) is 0 Å². The minimum absolute atomic E-state index is 0.0831. The van der Waals surface area contributed by atoms with Crippen molar-refractivity contribution < 1.29 is 4.79 Å². The van der Waals surface area contributed by atoms with Crippen LogP contribution in [0.2, 0.25) is 0 Å². The number of rotatable bonds is 6. The summed E-state index contributed by atoms with van der Waals surface area (Å²) in [5, 5.41) is 0. The van der Waals surface area contributed by atoms with E-state index in [9.17, 15) is 4.79 Å². The second-order valence-electron chi connectivity index (χ2n) is 12.8. The highest BCUT2D eigenvalue weighted by molar-refractivity contribution is 6.12. The van der Waals surface area contributed by atoms with Crippen LogP contribution in [0.15, 0.2) is 72.8 Å². The molecule has 0 aliphatic carbocycles. The number of ketones is 1. The first-order valence-corrected chi connectivity index (χ1v) is 15.6. The first-order chi connectivity index (χ1) is 20.8. The third-order valence-electron chi connectivity index (χ3n) is 9.74. The second-order valence-corrected chi connectivity index (χ2v) is 12.8. The molecule has 224 valence electrons. The summed E-state index contributed by atoms with van der Waals surface area (Å²) in [5.41, 5.74) is 20.6. The molecule has 0 fully saturated rings. The molecule has 0 aliphatic rings. The van der Waals surface area contributed by atoms with Crippen molar-refractivity contribution >= 4 is 17.2 Å². The lowest BCUT2D eigenvalue weighted by molar-refractivity contribution is 0.103. The van der Waals surface area contributed by atoms with Crippen LogP contribution in [0.4, 0.5) is 11.4 Å². The first kappa shape index (κ1) is 31.0. The first-order valence-electron chi connectivity index (χ1n) is 15.6. The van der Waals surface area contributed by atoms with Crippen molar-refractivity contribution in [3.05, 3.63) is 140 Å². The zero-order valence-electron chi connectivity index (χ0n) is 28.3. The molecule has 2 heteroatoms. The molecule has 0 heterocycles. The average molecular weight is 580 g/mol. The molecule has 0 aromatic heterocycles. The van der Waals surface area contributed by atoms with Crippen molar-refractivity contribution in [1.82, 2.24) is 0 Å². The maximum absolute atomic E-state index is 14.2. The van der Waals surface area contributed by atoms with Crippen LogP contribution in [0, 0.1) is 69.2 Å². The standard InChI is InChI=1S/C42H45NO/c1-24-19-25(2)21-37(20-24)34-15-17-38(18-16-34)43(11)41-32(9)30(7)40(31(8)33(41)10)42(44)36-14-12-13-35(23-36)39-28(5)26(3)22-27(4)29(39)6/h12-23H,1-11H3. The highest BCUT2D eigenvalue weighted by Crippen LogP contribution is 2.39. The summed E-state index contributed by atoms with van der Waals surface area (Å²) in [6, 6.07) is 25.9. The molecule has 0 spiro atoms. The highest BCUT2D eigenvalue weighted by Gasteiger charge is 2.24. The fraction of sp³-hybridized carbons (Fsp3) is 0.262. The minimum atomic E-state index is 0.0831. The van der Waals surface area contributed by atoms with Crippen LogP contribution in [-0.4, -0.2) is 12.8 Å². The molecule has 0 saturated carbocycles.